The third kappa shape index (κ3) is 3.21. The quantitative estimate of drug-likeness (QED) is 0.565. The normalized spacial score (nSPS) is 18.0. The fraction of sp³-hybridized carbons (Fsp3) is 1.00. The lowest BCUT2D eigenvalue weighted by Crippen LogP contribution is -2.56. The van der Waals surface area contributed by atoms with Crippen molar-refractivity contribution < 1.29 is 13.2 Å². The Morgan fingerprint density at radius 2 is 1.28 bits per heavy atom. The molecule has 0 aromatic carbocycles. The minimum Gasteiger partial charge on any atom is -0.237 e. The Bertz CT molecular complexity index is 275. The van der Waals surface area contributed by atoms with Crippen molar-refractivity contribution in [3.63, 3.8) is 0 Å². The van der Waals surface area contributed by atoms with Crippen LogP contribution in [0, 0.1) is 16.7 Å². The lowest BCUT2D eigenvalue weighted by Gasteiger charge is -2.47. The van der Waals surface area contributed by atoms with Gasteiger partial charge in [-0.3, -0.25) is 0 Å². The molecule has 110 valence electrons. The van der Waals surface area contributed by atoms with E-state index in [1.165, 1.54) is 13.8 Å². The summed E-state index contributed by atoms with van der Waals surface area (Å²) in [5.74, 6) is -4.32. The standard InChI is InChI=1S/C15H29F3/c1-9-12(4,5)10-13(6,7)14(8,16)15(17,18)11(2)3/h11H,9-10H2,1-8H3. The van der Waals surface area contributed by atoms with Crippen LogP contribution >= 0.6 is 0 Å². The van der Waals surface area contributed by atoms with Crippen LogP contribution in [0.4, 0.5) is 13.2 Å². The Labute approximate surface area is 110 Å². The smallest absolute Gasteiger partial charge is 0.237 e. The summed E-state index contributed by atoms with van der Waals surface area (Å²) in [6.07, 6.45) is 1.28. The highest BCUT2D eigenvalue weighted by atomic mass is 19.3. The van der Waals surface area contributed by atoms with E-state index in [0.29, 0.717) is 6.42 Å². The molecule has 0 aromatic rings. The minimum absolute atomic E-state index is 0.135. The SMILES string of the molecule is CCC(C)(C)CC(C)(C)C(C)(F)C(F)(F)C(C)C. The molecule has 3 heteroatoms. The van der Waals surface area contributed by atoms with Gasteiger partial charge in [0.1, 0.15) is 0 Å². The van der Waals surface area contributed by atoms with Gasteiger partial charge in [0.2, 0.25) is 0 Å². The largest absolute Gasteiger partial charge is 0.283 e. The molecule has 18 heavy (non-hydrogen) atoms. The average molecular weight is 266 g/mol. The van der Waals surface area contributed by atoms with Crippen LogP contribution in [-0.4, -0.2) is 11.6 Å². The highest BCUT2D eigenvalue weighted by molar-refractivity contribution is 5.03. The third-order valence-electron chi connectivity index (χ3n) is 4.50. The summed E-state index contributed by atoms with van der Waals surface area (Å²) in [6, 6.07) is 0. The van der Waals surface area contributed by atoms with E-state index in [4.69, 9.17) is 0 Å². The van der Waals surface area contributed by atoms with Crippen LogP contribution in [0.15, 0.2) is 0 Å². The molecule has 0 nitrogen and oxygen atoms in total. The molecule has 0 heterocycles. The molecule has 0 saturated carbocycles. The van der Waals surface area contributed by atoms with Crippen LogP contribution in [0.5, 0.6) is 0 Å². The molecule has 0 radical (unpaired) electrons. The Hall–Kier alpha value is -0.210. The van der Waals surface area contributed by atoms with E-state index in [1.54, 1.807) is 13.8 Å². The molecule has 0 rings (SSSR count). The molecular formula is C15H29F3. The molecule has 1 atom stereocenters. The second kappa shape index (κ2) is 5.05. The molecule has 0 fully saturated rings. The molecule has 0 aliphatic heterocycles. The summed E-state index contributed by atoms with van der Waals surface area (Å²) >= 11 is 0. The summed E-state index contributed by atoms with van der Waals surface area (Å²) < 4.78 is 43.1. The van der Waals surface area contributed by atoms with Gasteiger partial charge in [0.25, 0.3) is 5.92 Å². The minimum atomic E-state index is -3.32. The van der Waals surface area contributed by atoms with Crippen LogP contribution in [0.2, 0.25) is 0 Å². The van der Waals surface area contributed by atoms with Gasteiger partial charge in [-0.2, -0.15) is 0 Å². The van der Waals surface area contributed by atoms with Crippen LogP contribution in [0.25, 0.3) is 0 Å². The van der Waals surface area contributed by atoms with Gasteiger partial charge in [-0.25, -0.2) is 13.2 Å². The monoisotopic (exact) mass is 266 g/mol. The third-order valence-corrected chi connectivity index (χ3v) is 4.50. The average Bonchev–Trinajstić information content (AvgIpc) is 2.15. The van der Waals surface area contributed by atoms with Gasteiger partial charge in [-0.1, -0.05) is 54.9 Å². The number of hydrogen-bond acceptors (Lipinski definition) is 0. The second-order valence-electron chi connectivity index (χ2n) is 7.36. The highest BCUT2D eigenvalue weighted by Crippen LogP contribution is 2.53. The van der Waals surface area contributed by atoms with Crippen LogP contribution in [0.3, 0.4) is 0 Å². The Morgan fingerprint density at radius 1 is 0.889 bits per heavy atom. The maximum absolute atomic E-state index is 14.8. The van der Waals surface area contributed by atoms with Crippen molar-refractivity contribution in [1.29, 1.82) is 0 Å². The van der Waals surface area contributed by atoms with Gasteiger partial charge < -0.3 is 0 Å². The summed E-state index contributed by atoms with van der Waals surface area (Å²) in [5.41, 5.74) is -3.72. The number of halogens is 3. The Morgan fingerprint density at radius 3 is 1.56 bits per heavy atom. The summed E-state index contributed by atoms with van der Waals surface area (Å²) in [4.78, 5) is 0. The molecule has 0 saturated heterocycles. The summed E-state index contributed by atoms with van der Waals surface area (Å²) in [6.45, 7) is 13.0. The maximum Gasteiger partial charge on any atom is 0.283 e. The maximum atomic E-state index is 14.8. The molecular weight excluding hydrogens is 237 g/mol. The zero-order chi connectivity index (χ0) is 15.0. The predicted molar refractivity (Wildman–Crippen MR) is 71.8 cm³/mol. The van der Waals surface area contributed by atoms with Gasteiger partial charge in [-0.05, 0) is 18.8 Å². The van der Waals surface area contributed by atoms with E-state index in [-0.39, 0.29) is 5.41 Å². The summed E-state index contributed by atoms with van der Waals surface area (Å²) in [5, 5.41) is 0. The van der Waals surface area contributed by atoms with Crippen LogP contribution in [0.1, 0.15) is 68.2 Å². The number of alkyl halides is 3. The molecule has 0 aliphatic rings. The van der Waals surface area contributed by atoms with Crippen LogP contribution < -0.4 is 0 Å². The van der Waals surface area contributed by atoms with Crippen molar-refractivity contribution in [2.24, 2.45) is 16.7 Å². The van der Waals surface area contributed by atoms with Crippen molar-refractivity contribution in [1.82, 2.24) is 0 Å². The van der Waals surface area contributed by atoms with Gasteiger partial charge in [0, 0.05) is 11.3 Å². The summed E-state index contributed by atoms with van der Waals surface area (Å²) in [7, 11) is 0. The molecule has 0 bridgehead atoms. The molecule has 0 amide bonds. The first-order valence-corrected chi connectivity index (χ1v) is 6.78. The van der Waals surface area contributed by atoms with E-state index in [0.717, 1.165) is 13.3 Å². The van der Waals surface area contributed by atoms with Crippen molar-refractivity contribution in [3.05, 3.63) is 0 Å². The second-order valence-corrected chi connectivity index (χ2v) is 7.36. The number of hydrogen-bond donors (Lipinski definition) is 0. The topological polar surface area (TPSA) is 0 Å². The molecule has 0 spiro atoms. The van der Waals surface area contributed by atoms with Crippen molar-refractivity contribution in [2.45, 2.75) is 79.8 Å². The Kier molecular flexibility index (Phi) is 4.99. The van der Waals surface area contributed by atoms with E-state index in [2.05, 4.69) is 0 Å². The molecule has 1 unspecified atom stereocenters. The van der Waals surface area contributed by atoms with E-state index >= 15 is 0 Å². The van der Waals surface area contributed by atoms with Crippen molar-refractivity contribution in [2.75, 3.05) is 0 Å². The zero-order valence-electron chi connectivity index (χ0n) is 13.1. The first-order valence-electron chi connectivity index (χ1n) is 6.78. The first-order chi connectivity index (χ1) is 7.71. The molecule has 0 aliphatic carbocycles. The first kappa shape index (κ1) is 17.8. The lowest BCUT2D eigenvalue weighted by molar-refractivity contribution is -0.210. The number of rotatable bonds is 6. The predicted octanol–water partition coefficient (Wildman–Crippen LogP) is 5.86. The molecule has 0 N–H and O–H groups in total. The zero-order valence-corrected chi connectivity index (χ0v) is 13.1. The van der Waals surface area contributed by atoms with Gasteiger partial charge in [0.15, 0.2) is 5.67 Å². The van der Waals surface area contributed by atoms with Crippen LogP contribution in [-0.2, 0) is 0 Å². The Balaban J connectivity index is 5.33. The van der Waals surface area contributed by atoms with E-state index in [1.807, 2.05) is 20.8 Å². The molecule has 0 aromatic heterocycles. The lowest BCUT2D eigenvalue weighted by atomic mass is 9.63. The van der Waals surface area contributed by atoms with Crippen molar-refractivity contribution >= 4 is 0 Å². The van der Waals surface area contributed by atoms with Gasteiger partial charge >= 0.3 is 0 Å². The van der Waals surface area contributed by atoms with E-state index < -0.39 is 22.9 Å². The fourth-order valence-corrected chi connectivity index (χ4v) is 2.48. The fourth-order valence-electron chi connectivity index (χ4n) is 2.48. The highest BCUT2D eigenvalue weighted by Gasteiger charge is 2.61. The van der Waals surface area contributed by atoms with E-state index in [9.17, 15) is 13.2 Å². The van der Waals surface area contributed by atoms with Gasteiger partial charge in [0.05, 0.1) is 0 Å². The van der Waals surface area contributed by atoms with Crippen molar-refractivity contribution in [3.8, 4) is 0 Å². The van der Waals surface area contributed by atoms with Gasteiger partial charge in [-0.15, -0.1) is 0 Å².